The molecule has 0 bridgehead atoms. The van der Waals surface area contributed by atoms with Gasteiger partial charge < -0.3 is 0 Å². The van der Waals surface area contributed by atoms with Gasteiger partial charge in [0.15, 0.2) is 0 Å². The predicted molar refractivity (Wildman–Crippen MR) is 63.3 cm³/mol. The molecule has 1 saturated carbocycles. The van der Waals surface area contributed by atoms with Crippen molar-refractivity contribution in [2.75, 3.05) is 5.75 Å². The van der Waals surface area contributed by atoms with Crippen molar-refractivity contribution in [2.24, 2.45) is 17.8 Å². The SMILES string of the molecule is C[C@H](CS)C/C=C/C[C@@H]1CC[C@H]1C. The van der Waals surface area contributed by atoms with Gasteiger partial charge in [0.25, 0.3) is 0 Å². The van der Waals surface area contributed by atoms with Gasteiger partial charge in [-0.05, 0) is 42.8 Å². The second kappa shape index (κ2) is 5.74. The summed E-state index contributed by atoms with van der Waals surface area (Å²) in [6.45, 7) is 4.63. The third kappa shape index (κ3) is 3.76. The molecule has 0 spiro atoms. The van der Waals surface area contributed by atoms with Crippen LogP contribution in [0.2, 0.25) is 0 Å². The first-order chi connectivity index (χ1) is 6.24. The smallest absolute Gasteiger partial charge is 0.00692 e. The largest absolute Gasteiger partial charge is 0.179 e. The molecule has 1 aliphatic rings. The summed E-state index contributed by atoms with van der Waals surface area (Å²) in [4.78, 5) is 0. The van der Waals surface area contributed by atoms with E-state index in [-0.39, 0.29) is 0 Å². The van der Waals surface area contributed by atoms with E-state index in [1.165, 1.54) is 25.7 Å². The number of hydrogen-bond acceptors (Lipinski definition) is 1. The Kier molecular flexibility index (Phi) is 4.93. The molecular formula is C12H22S. The van der Waals surface area contributed by atoms with Crippen LogP contribution in [0.15, 0.2) is 12.2 Å². The second-order valence-corrected chi connectivity index (χ2v) is 4.91. The molecule has 0 aromatic rings. The highest BCUT2D eigenvalue weighted by atomic mass is 32.1. The third-order valence-corrected chi connectivity index (χ3v) is 3.88. The molecule has 0 heterocycles. The van der Waals surface area contributed by atoms with Gasteiger partial charge in [0.05, 0.1) is 0 Å². The summed E-state index contributed by atoms with van der Waals surface area (Å²) in [5, 5.41) is 0. The van der Waals surface area contributed by atoms with Crippen LogP contribution >= 0.6 is 12.6 Å². The summed E-state index contributed by atoms with van der Waals surface area (Å²) in [6, 6.07) is 0. The lowest BCUT2D eigenvalue weighted by Crippen LogP contribution is -2.21. The Labute approximate surface area is 88.2 Å². The van der Waals surface area contributed by atoms with E-state index in [0.717, 1.165) is 23.5 Å². The van der Waals surface area contributed by atoms with Crippen LogP contribution in [0.4, 0.5) is 0 Å². The average molecular weight is 198 g/mol. The molecule has 0 aromatic heterocycles. The van der Waals surface area contributed by atoms with Crippen molar-refractivity contribution in [1.82, 2.24) is 0 Å². The van der Waals surface area contributed by atoms with Crippen molar-refractivity contribution >= 4 is 12.6 Å². The number of allylic oxidation sites excluding steroid dienone is 2. The van der Waals surface area contributed by atoms with Crippen molar-refractivity contribution in [3.63, 3.8) is 0 Å². The molecule has 0 aromatic carbocycles. The first-order valence-corrected chi connectivity index (χ1v) is 6.13. The standard InChI is InChI=1S/C12H22S/c1-10(9-13)5-3-4-6-12-8-7-11(12)2/h3-4,10-13H,5-9H2,1-2H3/b4-3+/t10-,11+,12+/m0/s1. The minimum Gasteiger partial charge on any atom is -0.179 e. The van der Waals surface area contributed by atoms with Gasteiger partial charge in [-0.25, -0.2) is 0 Å². The zero-order valence-corrected chi connectivity index (χ0v) is 9.76. The number of hydrogen-bond donors (Lipinski definition) is 1. The molecule has 1 fully saturated rings. The molecule has 1 rings (SSSR count). The lowest BCUT2D eigenvalue weighted by atomic mass is 9.73. The Morgan fingerprint density at radius 3 is 2.62 bits per heavy atom. The van der Waals surface area contributed by atoms with Gasteiger partial charge in [-0.2, -0.15) is 12.6 Å². The Hall–Kier alpha value is 0.0900. The highest BCUT2D eigenvalue weighted by Crippen LogP contribution is 2.36. The van der Waals surface area contributed by atoms with Gasteiger partial charge in [0.2, 0.25) is 0 Å². The minimum absolute atomic E-state index is 0.735. The molecule has 0 saturated heterocycles. The Morgan fingerprint density at radius 1 is 1.38 bits per heavy atom. The molecule has 13 heavy (non-hydrogen) atoms. The van der Waals surface area contributed by atoms with Crippen LogP contribution in [-0.2, 0) is 0 Å². The Balaban J connectivity index is 2.04. The third-order valence-electron chi connectivity index (χ3n) is 3.25. The summed E-state index contributed by atoms with van der Waals surface area (Å²) in [6.07, 6.45) is 10.1. The van der Waals surface area contributed by atoms with E-state index >= 15 is 0 Å². The normalized spacial score (nSPS) is 30.4. The lowest BCUT2D eigenvalue weighted by Gasteiger charge is -2.32. The zero-order valence-electron chi connectivity index (χ0n) is 8.87. The van der Waals surface area contributed by atoms with E-state index in [1.807, 2.05) is 0 Å². The van der Waals surface area contributed by atoms with Crippen LogP contribution in [0, 0.1) is 17.8 Å². The zero-order chi connectivity index (χ0) is 9.68. The van der Waals surface area contributed by atoms with E-state index in [9.17, 15) is 0 Å². The summed E-state index contributed by atoms with van der Waals surface area (Å²) in [7, 11) is 0. The van der Waals surface area contributed by atoms with Crippen LogP contribution in [0.3, 0.4) is 0 Å². The predicted octanol–water partition coefficient (Wildman–Crippen LogP) is 3.93. The van der Waals surface area contributed by atoms with Crippen LogP contribution in [-0.4, -0.2) is 5.75 Å². The van der Waals surface area contributed by atoms with E-state index in [0.29, 0.717) is 0 Å². The fourth-order valence-corrected chi connectivity index (χ4v) is 1.91. The first-order valence-electron chi connectivity index (χ1n) is 5.50. The molecule has 0 unspecified atom stereocenters. The van der Waals surface area contributed by atoms with Crippen molar-refractivity contribution in [1.29, 1.82) is 0 Å². The van der Waals surface area contributed by atoms with Gasteiger partial charge in [-0.15, -0.1) is 0 Å². The van der Waals surface area contributed by atoms with Crippen molar-refractivity contribution < 1.29 is 0 Å². The van der Waals surface area contributed by atoms with Gasteiger partial charge in [-0.3, -0.25) is 0 Å². The van der Waals surface area contributed by atoms with Crippen LogP contribution < -0.4 is 0 Å². The van der Waals surface area contributed by atoms with Crippen molar-refractivity contribution in [2.45, 2.75) is 39.5 Å². The molecule has 0 amide bonds. The minimum atomic E-state index is 0.735. The summed E-state index contributed by atoms with van der Waals surface area (Å²) in [5.41, 5.74) is 0. The van der Waals surface area contributed by atoms with E-state index in [4.69, 9.17) is 0 Å². The summed E-state index contributed by atoms with van der Waals surface area (Å²) < 4.78 is 0. The highest BCUT2D eigenvalue weighted by molar-refractivity contribution is 7.80. The number of thiol groups is 1. The maximum Gasteiger partial charge on any atom is -0.00692 e. The monoisotopic (exact) mass is 198 g/mol. The van der Waals surface area contributed by atoms with Crippen LogP contribution in [0.1, 0.15) is 39.5 Å². The van der Waals surface area contributed by atoms with Crippen molar-refractivity contribution in [3.8, 4) is 0 Å². The first kappa shape index (κ1) is 11.2. The lowest BCUT2D eigenvalue weighted by molar-refractivity contribution is 0.199. The van der Waals surface area contributed by atoms with Gasteiger partial charge in [-0.1, -0.05) is 32.4 Å². The average Bonchev–Trinajstić information content (AvgIpc) is 2.14. The van der Waals surface area contributed by atoms with E-state index in [1.54, 1.807) is 0 Å². The van der Waals surface area contributed by atoms with Gasteiger partial charge >= 0.3 is 0 Å². The Morgan fingerprint density at radius 2 is 2.15 bits per heavy atom. The molecule has 3 atom stereocenters. The van der Waals surface area contributed by atoms with E-state index < -0.39 is 0 Å². The van der Waals surface area contributed by atoms with Gasteiger partial charge in [0, 0.05) is 0 Å². The molecule has 1 aliphatic carbocycles. The molecule has 0 N–H and O–H groups in total. The molecular weight excluding hydrogens is 176 g/mol. The van der Waals surface area contributed by atoms with Gasteiger partial charge in [0.1, 0.15) is 0 Å². The fourth-order valence-electron chi connectivity index (χ4n) is 1.76. The molecule has 0 nitrogen and oxygen atoms in total. The maximum atomic E-state index is 4.27. The van der Waals surface area contributed by atoms with Crippen molar-refractivity contribution in [3.05, 3.63) is 12.2 Å². The van der Waals surface area contributed by atoms with Crippen LogP contribution in [0.5, 0.6) is 0 Å². The molecule has 76 valence electrons. The maximum absolute atomic E-state index is 4.27. The number of rotatable bonds is 5. The molecule has 0 aliphatic heterocycles. The Bertz CT molecular complexity index is 163. The molecule has 0 radical (unpaired) electrons. The van der Waals surface area contributed by atoms with E-state index in [2.05, 4.69) is 38.6 Å². The second-order valence-electron chi connectivity index (χ2n) is 4.55. The summed E-state index contributed by atoms with van der Waals surface area (Å²) >= 11 is 4.27. The highest BCUT2D eigenvalue weighted by Gasteiger charge is 2.24. The summed E-state index contributed by atoms with van der Waals surface area (Å²) in [5.74, 6) is 3.71. The quantitative estimate of drug-likeness (QED) is 0.502. The molecule has 1 heteroatoms. The topological polar surface area (TPSA) is 0 Å². The van der Waals surface area contributed by atoms with Crippen LogP contribution in [0.25, 0.3) is 0 Å². The fraction of sp³-hybridized carbons (Fsp3) is 0.833.